The monoisotopic (exact) mass is 385 g/mol. The summed E-state index contributed by atoms with van der Waals surface area (Å²) in [5, 5.41) is 7.10. The summed E-state index contributed by atoms with van der Waals surface area (Å²) >= 11 is 0. The molecule has 2 N–H and O–H groups in total. The van der Waals surface area contributed by atoms with Crippen LogP contribution in [-0.2, 0) is 6.54 Å². The van der Waals surface area contributed by atoms with Gasteiger partial charge in [-0.1, -0.05) is 44.6 Å². The third-order valence-electron chi connectivity index (χ3n) is 6.15. The van der Waals surface area contributed by atoms with Crippen molar-refractivity contribution in [2.45, 2.75) is 77.3 Å². The Morgan fingerprint density at radius 3 is 2.68 bits per heavy atom. The van der Waals surface area contributed by atoms with Crippen molar-refractivity contribution < 1.29 is 0 Å². The molecule has 1 aliphatic carbocycles. The Bertz CT molecular complexity index is 560. The standard InChI is InChI=1S/C23H39N5/c1-2-24-23(26-16-7-5-11-20-9-3-4-10-20)27-21-13-17-28(18-14-21)19-22-12-6-8-15-25-22/h6,8,12,15,20-21H,2-5,7,9-11,13-14,16-19H2,1H3,(H2,24,26,27). The van der Waals surface area contributed by atoms with Crippen molar-refractivity contribution in [1.29, 1.82) is 0 Å². The lowest BCUT2D eigenvalue weighted by atomic mass is 10.0. The molecule has 0 unspecified atom stereocenters. The van der Waals surface area contributed by atoms with Crippen LogP contribution in [0.1, 0.15) is 70.4 Å². The molecular formula is C23H39N5. The molecule has 2 aliphatic rings. The van der Waals surface area contributed by atoms with Crippen LogP contribution in [0.4, 0.5) is 0 Å². The van der Waals surface area contributed by atoms with Gasteiger partial charge >= 0.3 is 0 Å². The van der Waals surface area contributed by atoms with Crippen molar-refractivity contribution in [3.05, 3.63) is 30.1 Å². The molecule has 0 spiro atoms. The van der Waals surface area contributed by atoms with E-state index >= 15 is 0 Å². The van der Waals surface area contributed by atoms with Crippen LogP contribution in [0.25, 0.3) is 0 Å². The van der Waals surface area contributed by atoms with E-state index < -0.39 is 0 Å². The molecule has 1 saturated heterocycles. The molecule has 2 fully saturated rings. The Labute approximate surface area is 171 Å². The first-order valence-corrected chi connectivity index (χ1v) is 11.5. The van der Waals surface area contributed by atoms with E-state index in [0.717, 1.165) is 44.6 Å². The van der Waals surface area contributed by atoms with E-state index in [2.05, 4.69) is 39.6 Å². The molecule has 0 radical (unpaired) electrons. The Morgan fingerprint density at radius 1 is 1.14 bits per heavy atom. The Balaban J connectivity index is 1.34. The van der Waals surface area contributed by atoms with Gasteiger partial charge in [-0.15, -0.1) is 0 Å². The summed E-state index contributed by atoms with van der Waals surface area (Å²) in [6, 6.07) is 6.70. The minimum atomic E-state index is 0.524. The van der Waals surface area contributed by atoms with Gasteiger partial charge in [-0.2, -0.15) is 0 Å². The second-order valence-electron chi connectivity index (χ2n) is 8.42. The second-order valence-corrected chi connectivity index (χ2v) is 8.42. The topological polar surface area (TPSA) is 52.6 Å². The highest BCUT2D eigenvalue weighted by Gasteiger charge is 2.20. The highest BCUT2D eigenvalue weighted by molar-refractivity contribution is 5.80. The SMILES string of the molecule is CCNC(=NCCCCC1CCCC1)NC1CCN(Cc2ccccn2)CC1. The number of likely N-dealkylation sites (tertiary alicyclic amines) is 1. The first kappa shape index (κ1) is 21.1. The van der Waals surface area contributed by atoms with Crippen LogP contribution in [-0.4, -0.2) is 48.1 Å². The van der Waals surface area contributed by atoms with Gasteiger partial charge in [-0.3, -0.25) is 14.9 Å². The van der Waals surface area contributed by atoms with Crippen LogP contribution in [0.3, 0.4) is 0 Å². The number of hydrogen-bond donors (Lipinski definition) is 2. The van der Waals surface area contributed by atoms with Crippen LogP contribution in [0.15, 0.2) is 29.4 Å². The largest absolute Gasteiger partial charge is 0.357 e. The quantitative estimate of drug-likeness (QED) is 0.384. The normalized spacial score (nSPS) is 19.8. The van der Waals surface area contributed by atoms with E-state index in [1.54, 1.807) is 0 Å². The molecule has 0 bridgehead atoms. The maximum Gasteiger partial charge on any atom is 0.191 e. The maximum atomic E-state index is 4.83. The minimum Gasteiger partial charge on any atom is -0.357 e. The Kier molecular flexibility index (Phi) is 9.08. The number of unbranched alkanes of at least 4 members (excludes halogenated alkanes) is 1. The van der Waals surface area contributed by atoms with E-state index in [1.165, 1.54) is 63.5 Å². The maximum absolute atomic E-state index is 4.83. The van der Waals surface area contributed by atoms with Gasteiger partial charge in [-0.05, 0) is 44.2 Å². The molecule has 1 aliphatic heterocycles. The number of aromatic nitrogens is 1. The van der Waals surface area contributed by atoms with E-state index in [0.29, 0.717) is 6.04 Å². The number of hydrogen-bond acceptors (Lipinski definition) is 3. The summed E-state index contributed by atoms with van der Waals surface area (Å²) in [7, 11) is 0. The number of aliphatic imine (C=N–C) groups is 1. The Hall–Kier alpha value is -1.62. The summed E-state index contributed by atoms with van der Waals surface area (Å²) in [6.07, 6.45) is 14.0. The summed E-state index contributed by atoms with van der Waals surface area (Å²) in [5.41, 5.74) is 1.17. The fourth-order valence-corrected chi connectivity index (χ4v) is 4.50. The lowest BCUT2D eigenvalue weighted by Crippen LogP contribution is -2.48. The minimum absolute atomic E-state index is 0.524. The van der Waals surface area contributed by atoms with Crippen molar-refractivity contribution in [3.63, 3.8) is 0 Å². The molecular weight excluding hydrogens is 346 g/mol. The van der Waals surface area contributed by atoms with Gasteiger partial charge in [0.1, 0.15) is 0 Å². The van der Waals surface area contributed by atoms with Gasteiger partial charge in [0.2, 0.25) is 0 Å². The molecule has 0 amide bonds. The molecule has 5 heteroatoms. The van der Waals surface area contributed by atoms with Gasteiger partial charge in [-0.25, -0.2) is 0 Å². The summed E-state index contributed by atoms with van der Waals surface area (Å²) < 4.78 is 0. The average Bonchev–Trinajstić information content (AvgIpc) is 3.24. The van der Waals surface area contributed by atoms with Crippen LogP contribution in [0.2, 0.25) is 0 Å². The zero-order valence-corrected chi connectivity index (χ0v) is 17.7. The predicted molar refractivity (Wildman–Crippen MR) is 117 cm³/mol. The molecule has 3 rings (SSSR count). The highest BCUT2D eigenvalue weighted by Crippen LogP contribution is 2.28. The van der Waals surface area contributed by atoms with E-state index in [9.17, 15) is 0 Å². The summed E-state index contributed by atoms with van der Waals surface area (Å²) in [5.74, 6) is 2.01. The van der Waals surface area contributed by atoms with Gasteiger partial charge in [0.05, 0.1) is 5.69 Å². The van der Waals surface area contributed by atoms with Crippen LogP contribution in [0, 0.1) is 5.92 Å². The van der Waals surface area contributed by atoms with Crippen LogP contribution in [0.5, 0.6) is 0 Å². The smallest absolute Gasteiger partial charge is 0.191 e. The van der Waals surface area contributed by atoms with Crippen molar-refractivity contribution in [2.24, 2.45) is 10.9 Å². The van der Waals surface area contributed by atoms with Gasteiger partial charge in [0.15, 0.2) is 5.96 Å². The Morgan fingerprint density at radius 2 is 1.96 bits per heavy atom. The van der Waals surface area contributed by atoms with Gasteiger partial charge in [0, 0.05) is 45.0 Å². The van der Waals surface area contributed by atoms with Crippen molar-refractivity contribution >= 4 is 5.96 Å². The number of rotatable bonds is 9. The molecule has 0 atom stereocenters. The van der Waals surface area contributed by atoms with Gasteiger partial charge < -0.3 is 10.6 Å². The lowest BCUT2D eigenvalue weighted by Gasteiger charge is -2.32. The first-order chi connectivity index (χ1) is 13.8. The van der Waals surface area contributed by atoms with Crippen LogP contribution < -0.4 is 10.6 Å². The zero-order valence-electron chi connectivity index (χ0n) is 17.7. The number of pyridine rings is 1. The highest BCUT2D eigenvalue weighted by atomic mass is 15.2. The molecule has 0 aromatic carbocycles. The van der Waals surface area contributed by atoms with Gasteiger partial charge in [0.25, 0.3) is 0 Å². The number of nitrogens with zero attached hydrogens (tertiary/aromatic N) is 3. The lowest BCUT2D eigenvalue weighted by molar-refractivity contribution is 0.196. The van der Waals surface area contributed by atoms with E-state index in [4.69, 9.17) is 4.99 Å². The molecule has 1 aromatic rings. The molecule has 156 valence electrons. The summed E-state index contributed by atoms with van der Waals surface area (Å²) in [4.78, 5) is 11.8. The molecule has 28 heavy (non-hydrogen) atoms. The van der Waals surface area contributed by atoms with Crippen LogP contribution >= 0.6 is 0 Å². The van der Waals surface area contributed by atoms with Crippen molar-refractivity contribution in [1.82, 2.24) is 20.5 Å². The fourth-order valence-electron chi connectivity index (χ4n) is 4.50. The summed E-state index contributed by atoms with van der Waals surface area (Å²) in [6.45, 7) is 7.21. The molecule has 1 aromatic heterocycles. The number of guanidine groups is 1. The fraction of sp³-hybridized carbons (Fsp3) is 0.739. The van der Waals surface area contributed by atoms with E-state index in [-0.39, 0.29) is 0 Å². The van der Waals surface area contributed by atoms with Crippen molar-refractivity contribution in [2.75, 3.05) is 26.2 Å². The number of nitrogens with one attached hydrogen (secondary N) is 2. The zero-order chi connectivity index (χ0) is 19.4. The first-order valence-electron chi connectivity index (χ1n) is 11.5. The van der Waals surface area contributed by atoms with Crippen molar-refractivity contribution in [3.8, 4) is 0 Å². The third kappa shape index (κ3) is 7.42. The second kappa shape index (κ2) is 12.1. The predicted octanol–water partition coefficient (Wildman–Crippen LogP) is 3.96. The number of piperidine rings is 1. The molecule has 2 heterocycles. The third-order valence-corrected chi connectivity index (χ3v) is 6.15. The molecule has 1 saturated carbocycles. The average molecular weight is 386 g/mol. The molecule has 5 nitrogen and oxygen atoms in total. The van der Waals surface area contributed by atoms with E-state index in [1.807, 2.05) is 12.3 Å².